The molecule has 6 nitrogen and oxygen atoms in total. The fourth-order valence-electron chi connectivity index (χ4n) is 4.27. The molecular formula is C20H24N2O4. The Morgan fingerprint density at radius 1 is 1.27 bits per heavy atom. The van der Waals surface area contributed by atoms with Gasteiger partial charge in [-0.1, -0.05) is 0 Å². The Morgan fingerprint density at radius 2 is 2.04 bits per heavy atom. The lowest BCUT2D eigenvalue weighted by Gasteiger charge is -2.43. The van der Waals surface area contributed by atoms with Crippen LogP contribution in [-0.4, -0.2) is 54.2 Å². The smallest absolute Gasteiger partial charge is 0.219 e. The van der Waals surface area contributed by atoms with Gasteiger partial charge in [0, 0.05) is 50.9 Å². The number of hydrogen-bond acceptors (Lipinski definition) is 5. The summed E-state index contributed by atoms with van der Waals surface area (Å²) in [7, 11) is 0. The molecule has 3 aliphatic heterocycles. The molecule has 2 saturated heterocycles. The number of ketones is 2. The lowest BCUT2D eigenvalue weighted by Crippen LogP contribution is -2.51. The van der Waals surface area contributed by atoms with E-state index in [2.05, 4.69) is 5.32 Å². The van der Waals surface area contributed by atoms with Gasteiger partial charge < -0.3 is 15.0 Å². The van der Waals surface area contributed by atoms with Gasteiger partial charge >= 0.3 is 0 Å². The summed E-state index contributed by atoms with van der Waals surface area (Å²) in [6.45, 7) is 4.37. The molecule has 1 aromatic carbocycles. The van der Waals surface area contributed by atoms with E-state index in [-0.39, 0.29) is 23.4 Å². The third-order valence-corrected chi connectivity index (χ3v) is 5.92. The molecule has 1 aromatic rings. The molecule has 1 atom stereocenters. The first-order valence-electron chi connectivity index (χ1n) is 9.34. The molecule has 0 saturated carbocycles. The molecule has 6 heteroatoms. The van der Waals surface area contributed by atoms with E-state index in [1.54, 1.807) is 30.0 Å². The number of carbonyl (C=O) groups is 3. The van der Waals surface area contributed by atoms with Crippen molar-refractivity contribution < 1.29 is 19.1 Å². The molecular weight excluding hydrogens is 332 g/mol. The van der Waals surface area contributed by atoms with Crippen LogP contribution in [0.5, 0.6) is 5.75 Å². The molecule has 3 aliphatic rings. The maximum Gasteiger partial charge on any atom is 0.219 e. The standard InChI is InChI=1S/C20H24N2O4/c1-13(23)22-8-5-20(6-9-22)11-17(24)16-10-14(2-3-18(16)26-20)19(25)15-4-7-21-12-15/h2-3,10,15,21H,4-9,11-12H2,1H3. The number of ether oxygens (including phenoxy) is 1. The molecule has 0 aliphatic carbocycles. The summed E-state index contributed by atoms with van der Waals surface area (Å²) in [5, 5.41) is 3.20. The lowest BCUT2D eigenvalue weighted by molar-refractivity contribution is -0.132. The zero-order chi connectivity index (χ0) is 18.3. The quantitative estimate of drug-likeness (QED) is 0.818. The van der Waals surface area contributed by atoms with Crippen molar-refractivity contribution in [2.75, 3.05) is 26.2 Å². The van der Waals surface area contributed by atoms with Crippen LogP contribution in [0.3, 0.4) is 0 Å². The fourth-order valence-corrected chi connectivity index (χ4v) is 4.27. The van der Waals surface area contributed by atoms with Crippen LogP contribution < -0.4 is 10.1 Å². The van der Waals surface area contributed by atoms with Crippen molar-refractivity contribution in [3.05, 3.63) is 29.3 Å². The first kappa shape index (κ1) is 17.2. The van der Waals surface area contributed by atoms with Gasteiger partial charge in [-0.2, -0.15) is 0 Å². The molecule has 1 amide bonds. The number of rotatable bonds is 2. The third kappa shape index (κ3) is 3.03. The van der Waals surface area contributed by atoms with E-state index >= 15 is 0 Å². The second-order valence-corrected chi connectivity index (χ2v) is 7.66. The molecule has 2 fully saturated rings. The summed E-state index contributed by atoms with van der Waals surface area (Å²) in [5.74, 6) is 0.753. The van der Waals surface area contributed by atoms with Gasteiger partial charge in [0.25, 0.3) is 0 Å². The summed E-state index contributed by atoms with van der Waals surface area (Å²) in [6.07, 6.45) is 2.48. The fraction of sp³-hybridized carbons (Fsp3) is 0.550. The van der Waals surface area contributed by atoms with Crippen LogP contribution in [-0.2, 0) is 4.79 Å². The van der Waals surface area contributed by atoms with Gasteiger partial charge in [-0.3, -0.25) is 14.4 Å². The Balaban J connectivity index is 1.54. The van der Waals surface area contributed by atoms with Crippen molar-refractivity contribution in [3.8, 4) is 5.75 Å². The van der Waals surface area contributed by atoms with Crippen molar-refractivity contribution in [2.45, 2.75) is 38.2 Å². The van der Waals surface area contributed by atoms with Gasteiger partial charge in [-0.25, -0.2) is 0 Å². The van der Waals surface area contributed by atoms with E-state index in [4.69, 9.17) is 4.74 Å². The monoisotopic (exact) mass is 356 g/mol. The summed E-state index contributed by atoms with van der Waals surface area (Å²) >= 11 is 0. The Hall–Kier alpha value is -2.21. The van der Waals surface area contributed by atoms with Crippen LogP contribution in [0.15, 0.2) is 18.2 Å². The summed E-state index contributed by atoms with van der Waals surface area (Å²) in [5.41, 5.74) is 0.592. The van der Waals surface area contributed by atoms with E-state index in [0.29, 0.717) is 55.8 Å². The number of piperidine rings is 1. The summed E-state index contributed by atoms with van der Waals surface area (Å²) in [4.78, 5) is 38.7. The summed E-state index contributed by atoms with van der Waals surface area (Å²) in [6, 6.07) is 5.24. The number of benzene rings is 1. The van der Waals surface area contributed by atoms with Crippen LogP contribution in [0.4, 0.5) is 0 Å². The van der Waals surface area contributed by atoms with E-state index in [9.17, 15) is 14.4 Å². The highest BCUT2D eigenvalue weighted by molar-refractivity contribution is 6.05. The highest BCUT2D eigenvalue weighted by Gasteiger charge is 2.43. The van der Waals surface area contributed by atoms with Crippen LogP contribution in [0.25, 0.3) is 0 Å². The van der Waals surface area contributed by atoms with Gasteiger partial charge in [-0.05, 0) is 31.2 Å². The van der Waals surface area contributed by atoms with E-state index in [1.165, 1.54) is 0 Å². The minimum Gasteiger partial charge on any atom is -0.486 e. The third-order valence-electron chi connectivity index (χ3n) is 5.92. The second kappa shape index (κ2) is 6.50. The predicted octanol–water partition coefficient (Wildman–Crippen LogP) is 1.83. The van der Waals surface area contributed by atoms with Gasteiger partial charge in [-0.15, -0.1) is 0 Å². The lowest BCUT2D eigenvalue weighted by atomic mass is 9.82. The van der Waals surface area contributed by atoms with Crippen molar-refractivity contribution in [2.24, 2.45) is 5.92 Å². The van der Waals surface area contributed by atoms with Crippen molar-refractivity contribution >= 4 is 17.5 Å². The van der Waals surface area contributed by atoms with Gasteiger partial charge in [0.05, 0.1) is 12.0 Å². The Kier molecular flexibility index (Phi) is 4.31. The first-order valence-corrected chi connectivity index (χ1v) is 9.34. The zero-order valence-electron chi connectivity index (χ0n) is 15.0. The number of hydrogen-bond donors (Lipinski definition) is 1. The number of amides is 1. The number of nitrogens with one attached hydrogen (secondary N) is 1. The van der Waals surface area contributed by atoms with E-state index < -0.39 is 5.60 Å². The minimum absolute atomic E-state index is 0.00471. The number of carbonyl (C=O) groups excluding carboxylic acids is 3. The van der Waals surface area contributed by atoms with Gasteiger partial charge in [0.15, 0.2) is 11.6 Å². The maximum atomic E-state index is 12.8. The Labute approximate surface area is 152 Å². The average Bonchev–Trinajstić information content (AvgIpc) is 3.16. The molecule has 1 N–H and O–H groups in total. The molecule has 3 heterocycles. The maximum absolute atomic E-state index is 12.8. The first-order chi connectivity index (χ1) is 12.5. The van der Waals surface area contributed by atoms with Crippen molar-refractivity contribution in [1.29, 1.82) is 0 Å². The number of nitrogens with zero attached hydrogens (tertiary/aromatic N) is 1. The van der Waals surface area contributed by atoms with Crippen LogP contribution in [0.2, 0.25) is 0 Å². The highest BCUT2D eigenvalue weighted by Crippen LogP contribution is 2.40. The summed E-state index contributed by atoms with van der Waals surface area (Å²) < 4.78 is 6.24. The van der Waals surface area contributed by atoms with Crippen LogP contribution in [0.1, 0.15) is 53.3 Å². The molecule has 0 bridgehead atoms. The predicted molar refractivity (Wildman–Crippen MR) is 95.5 cm³/mol. The Morgan fingerprint density at radius 3 is 2.69 bits per heavy atom. The molecule has 138 valence electrons. The second-order valence-electron chi connectivity index (χ2n) is 7.66. The van der Waals surface area contributed by atoms with Crippen LogP contribution in [0, 0.1) is 5.92 Å². The van der Waals surface area contributed by atoms with E-state index in [0.717, 1.165) is 13.0 Å². The molecule has 26 heavy (non-hydrogen) atoms. The minimum atomic E-state index is -0.517. The Bertz CT molecular complexity index is 759. The topological polar surface area (TPSA) is 75.7 Å². The average molecular weight is 356 g/mol. The van der Waals surface area contributed by atoms with Gasteiger partial charge in [0.1, 0.15) is 11.4 Å². The normalized spacial score (nSPS) is 24.3. The number of fused-ring (bicyclic) bond motifs is 1. The highest BCUT2D eigenvalue weighted by atomic mass is 16.5. The number of Topliss-reactive ketones (excluding diaryl/α,β-unsaturated/α-hetero) is 2. The molecule has 0 radical (unpaired) electrons. The molecule has 4 rings (SSSR count). The van der Waals surface area contributed by atoms with Crippen LogP contribution >= 0.6 is 0 Å². The SMILES string of the molecule is CC(=O)N1CCC2(CC1)CC(=O)c1cc(C(=O)C3CCNC3)ccc1O2. The zero-order valence-corrected chi connectivity index (χ0v) is 15.0. The van der Waals surface area contributed by atoms with Gasteiger partial charge in [0.2, 0.25) is 5.91 Å². The van der Waals surface area contributed by atoms with Crippen molar-refractivity contribution in [3.63, 3.8) is 0 Å². The largest absolute Gasteiger partial charge is 0.486 e. The van der Waals surface area contributed by atoms with Crippen molar-refractivity contribution in [1.82, 2.24) is 10.2 Å². The number of likely N-dealkylation sites (tertiary alicyclic amines) is 1. The molecule has 0 aromatic heterocycles. The molecule has 1 unspecified atom stereocenters. The van der Waals surface area contributed by atoms with E-state index in [1.807, 2.05) is 0 Å². The molecule has 1 spiro atoms.